The number of likely N-dealkylation sites (tertiary alicyclic amines) is 1. The van der Waals surface area contributed by atoms with Crippen LogP contribution in [0.2, 0.25) is 0 Å². The number of thioether (sulfide) groups is 1. The van der Waals surface area contributed by atoms with E-state index in [2.05, 4.69) is 33.1 Å². The fourth-order valence-electron chi connectivity index (χ4n) is 4.28. The zero-order valence-electron chi connectivity index (χ0n) is 17.7. The fraction of sp³-hybridized carbons (Fsp3) is 0.400. The van der Waals surface area contributed by atoms with Gasteiger partial charge >= 0.3 is 0 Å². The van der Waals surface area contributed by atoms with E-state index in [0.717, 1.165) is 74.1 Å². The monoisotopic (exact) mass is 432 g/mol. The quantitative estimate of drug-likeness (QED) is 0.498. The summed E-state index contributed by atoms with van der Waals surface area (Å²) in [7, 11) is 0. The van der Waals surface area contributed by atoms with Crippen LogP contribution in [-0.4, -0.2) is 45.4 Å². The lowest BCUT2D eigenvalue weighted by atomic mass is 9.74. The van der Waals surface area contributed by atoms with Gasteiger partial charge in [-0.15, -0.1) is 0 Å². The van der Waals surface area contributed by atoms with Gasteiger partial charge < -0.3 is 9.88 Å². The molecule has 0 saturated carbocycles. The minimum atomic E-state index is -0.328. The first kappa shape index (κ1) is 21.6. The fourth-order valence-corrected chi connectivity index (χ4v) is 5.04. The Hall–Kier alpha value is -2.62. The number of hydrogen-bond acceptors (Lipinski definition) is 5. The van der Waals surface area contributed by atoms with Crippen LogP contribution < -0.4 is 0 Å². The van der Waals surface area contributed by atoms with Crippen molar-refractivity contribution >= 4 is 27.9 Å². The van der Waals surface area contributed by atoms with Crippen molar-refractivity contribution in [1.29, 1.82) is 5.26 Å². The number of nitrogens with zero attached hydrogens (tertiary/aromatic N) is 3. The molecular formula is C25H28N4OS. The van der Waals surface area contributed by atoms with E-state index in [1.165, 1.54) is 11.8 Å². The zero-order valence-corrected chi connectivity index (χ0v) is 18.5. The lowest BCUT2D eigenvalue weighted by molar-refractivity contribution is 0.108. The molecule has 0 amide bonds. The highest BCUT2D eigenvalue weighted by Gasteiger charge is 2.36. The molecule has 1 N–H and O–H groups in total. The lowest BCUT2D eigenvalue weighted by Gasteiger charge is -2.37. The number of nitrogens with one attached hydrogen (secondary N) is 1. The second-order valence-corrected chi connectivity index (χ2v) is 9.27. The number of rotatable bonds is 8. The number of aromatic nitrogens is 2. The summed E-state index contributed by atoms with van der Waals surface area (Å²) in [5, 5.41) is 9.83. The largest absolute Gasteiger partial charge is 0.335 e. The molecule has 1 aliphatic rings. The third-order valence-electron chi connectivity index (χ3n) is 6.18. The van der Waals surface area contributed by atoms with Gasteiger partial charge in [-0.3, -0.25) is 4.79 Å². The first-order valence-corrected chi connectivity index (χ1v) is 12.0. The Balaban J connectivity index is 1.14. The molecule has 6 heteroatoms. The normalized spacial score (nSPS) is 16.2. The third-order valence-corrected chi connectivity index (χ3v) is 7.13. The van der Waals surface area contributed by atoms with Crippen LogP contribution in [0.25, 0.3) is 11.0 Å². The van der Waals surface area contributed by atoms with Crippen molar-refractivity contribution in [3.63, 3.8) is 0 Å². The van der Waals surface area contributed by atoms with E-state index in [4.69, 9.17) is 0 Å². The number of H-pyrrole nitrogens is 1. The molecule has 3 aromatic rings. The van der Waals surface area contributed by atoms with Crippen molar-refractivity contribution in [3.05, 3.63) is 66.0 Å². The van der Waals surface area contributed by atoms with Crippen molar-refractivity contribution in [3.8, 4) is 6.07 Å². The molecule has 4 rings (SSSR count). The topological polar surface area (TPSA) is 72.8 Å². The standard InChI is InChI=1S/C25H28N4OS/c26-19-25(20-9-3-1-4-10-20)13-16-29(17-14-25)15-7-2-8-18-31-24(30)23-27-21-11-5-6-12-22(21)28-23/h1,3-6,9-12H,2,7-8,13-18H2,(H,27,28). The number of unbranched alkanes of at least 4 members (excludes halogenated alkanes) is 2. The zero-order chi connectivity index (χ0) is 21.5. The third kappa shape index (κ3) is 5.17. The van der Waals surface area contributed by atoms with Crippen LogP contribution >= 0.6 is 11.8 Å². The first-order chi connectivity index (χ1) is 15.2. The Labute approximate surface area is 187 Å². The summed E-state index contributed by atoms with van der Waals surface area (Å²) < 4.78 is 0. The number of carbonyl (C=O) groups excluding carboxylic acids is 1. The van der Waals surface area contributed by atoms with E-state index >= 15 is 0 Å². The Morgan fingerprint density at radius 2 is 1.81 bits per heavy atom. The van der Waals surface area contributed by atoms with Crippen LogP contribution in [0, 0.1) is 11.3 Å². The minimum Gasteiger partial charge on any atom is -0.335 e. The summed E-state index contributed by atoms with van der Waals surface area (Å²) in [6.45, 7) is 3.02. The van der Waals surface area contributed by atoms with E-state index in [9.17, 15) is 10.1 Å². The number of fused-ring (bicyclic) bond motifs is 1. The Morgan fingerprint density at radius 3 is 2.55 bits per heavy atom. The molecule has 1 aromatic heterocycles. The maximum absolute atomic E-state index is 12.3. The van der Waals surface area contributed by atoms with E-state index < -0.39 is 0 Å². The van der Waals surface area contributed by atoms with Gasteiger partial charge in [-0.1, -0.05) is 60.6 Å². The van der Waals surface area contributed by atoms with Crippen LogP contribution in [0.15, 0.2) is 54.6 Å². The number of piperidine rings is 1. The van der Waals surface area contributed by atoms with E-state index in [1.807, 2.05) is 42.5 Å². The predicted octanol–water partition coefficient (Wildman–Crippen LogP) is 5.16. The van der Waals surface area contributed by atoms with Crippen LogP contribution in [0.5, 0.6) is 0 Å². The van der Waals surface area contributed by atoms with E-state index in [-0.39, 0.29) is 10.5 Å². The second-order valence-electron chi connectivity index (χ2n) is 8.20. The van der Waals surface area contributed by atoms with E-state index in [0.29, 0.717) is 5.82 Å². The van der Waals surface area contributed by atoms with Gasteiger partial charge in [-0.2, -0.15) is 5.26 Å². The van der Waals surface area contributed by atoms with Crippen molar-refractivity contribution in [2.24, 2.45) is 0 Å². The van der Waals surface area contributed by atoms with Crippen LogP contribution in [-0.2, 0) is 5.41 Å². The highest BCUT2D eigenvalue weighted by Crippen LogP contribution is 2.34. The maximum atomic E-state index is 12.3. The Morgan fingerprint density at radius 1 is 1.06 bits per heavy atom. The SMILES string of the molecule is N#CC1(c2ccccc2)CCN(CCCCCSC(=O)c2nc3ccccc3[nH]2)CC1. The van der Waals surface area contributed by atoms with Gasteiger partial charge in [0.2, 0.25) is 0 Å². The minimum absolute atomic E-state index is 0.0148. The molecule has 160 valence electrons. The molecule has 5 nitrogen and oxygen atoms in total. The molecule has 1 aliphatic heterocycles. The van der Waals surface area contributed by atoms with Crippen molar-refractivity contribution in [2.75, 3.05) is 25.4 Å². The molecule has 1 fully saturated rings. The Kier molecular flexibility index (Phi) is 7.06. The number of carbonyl (C=O) groups is 1. The summed E-state index contributed by atoms with van der Waals surface area (Å²) >= 11 is 1.35. The van der Waals surface area contributed by atoms with Gasteiger partial charge in [0.1, 0.15) is 0 Å². The number of hydrogen-bond donors (Lipinski definition) is 1. The lowest BCUT2D eigenvalue weighted by Crippen LogP contribution is -2.42. The van der Waals surface area contributed by atoms with Gasteiger partial charge in [-0.25, -0.2) is 4.98 Å². The first-order valence-electron chi connectivity index (χ1n) is 11.0. The Bertz CT molecular complexity index is 1020. The average Bonchev–Trinajstić information content (AvgIpc) is 3.27. The van der Waals surface area contributed by atoms with Crippen LogP contribution in [0.3, 0.4) is 0 Å². The number of aromatic amines is 1. The summed E-state index contributed by atoms with van der Waals surface area (Å²) in [5.41, 5.74) is 2.57. The molecule has 0 atom stereocenters. The number of imidazole rings is 1. The van der Waals surface area contributed by atoms with Crippen LogP contribution in [0.1, 0.15) is 48.3 Å². The molecule has 31 heavy (non-hydrogen) atoms. The average molecular weight is 433 g/mol. The van der Waals surface area contributed by atoms with Gasteiger partial charge in [0.15, 0.2) is 5.82 Å². The number of benzene rings is 2. The second kappa shape index (κ2) is 10.1. The van der Waals surface area contributed by atoms with Gasteiger partial charge in [0.05, 0.1) is 22.5 Å². The van der Waals surface area contributed by atoms with E-state index in [1.54, 1.807) is 0 Å². The molecule has 1 saturated heterocycles. The van der Waals surface area contributed by atoms with Gasteiger partial charge in [-0.05, 0) is 63.0 Å². The summed E-state index contributed by atoms with van der Waals surface area (Å²) in [4.78, 5) is 22.3. The highest BCUT2D eigenvalue weighted by molar-refractivity contribution is 8.14. The summed E-state index contributed by atoms with van der Waals surface area (Å²) in [5.74, 6) is 1.26. The van der Waals surface area contributed by atoms with Crippen molar-refractivity contribution in [2.45, 2.75) is 37.5 Å². The molecule has 0 bridgehead atoms. The van der Waals surface area contributed by atoms with Gasteiger partial charge in [0.25, 0.3) is 5.12 Å². The molecule has 2 aromatic carbocycles. The summed E-state index contributed by atoms with van der Waals surface area (Å²) in [6.07, 6.45) is 5.06. The highest BCUT2D eigenvalue weighted by atomic mass is 32.2. The molecule has 0 spiro atoms. The van der Waals surface area contributed by atoms with Crippen molar-refractivity contribution < 1.29 is 4.79 Å². The summed E-state index contributed by atoms with van der Waals surface area (Å²) in [6, 6.07) is 20.5. The smallest absolute Gasteiger partial charge is 0.254 e. The molecule has 0 unspecified atom stereocenters. The molecule has 0 aliphatic carbocycles. The van der Waals surface area contributed by atoms with Gasteiger partial charge in [0, 0.05) is 5.75 Å². The predicted molar refractivity (Wildman–Crippen MR) is 126 cm³/mol. The molecule has 0 radical (unpaired) electrons. The molecular weight excluding hydrogens is 404 g/mol. The number of para-hydroxylation sites is 2. The molecule has 2 heterocycles. The van der Waals surface area contributed by atoms with Crippen molar-refractivity contribution in [1.82, 2.24) is 14.9 Å². The maximum Gasteiger partial charge on any atom is 0.254 e. The number of nitriles is 1. The van der Waals surface area contributed by atoms with Crippen LogP contribution in [0.4, 0.5) is 0 Å².